The monoisotopic (exact) mass is 232 g/mol. The normalized spacial score (nSPS) is 28.4. The van der Waals surface area contributed by atoms with Gasteiger partial charge in [0.1, 0.15) is 5.75 Å². The van der Waals surface area contributed by atoms with Crippen LogP contribution in [0.15, 0.2) is 18.2 Å². The van der Waals surface area contributed by atoms with Gasteiger partial charge in [-0.15, -0.1) is 0 Å². The third kappa shape index (κ3) is 1.83. The Morgan fingerprint density at radius 2 is 2.06 bits per heavy atom. The summed E-state index contributed by atoms with van der Waals surface area (Å²) in [5, 5.41) is 0. The van der Waals surface area contributed by atoms with Gasteiger partial charge in [0.2, 0.25) is 0 Å². The Labute approximate surface area is 103 Å². The largest absolute Gasteiger partial charge is 0.497 e. The Morgan fingerprint density at radius 3 is 2.76 bits per heavy atom. The van der Waals surface area contributed by atoms with Crippen molar-refractivity contribution in [3.63, 3.8) is 0 Å². The number of nitrogens with zero attached hydrogens (tertiary/aromatic N) is 1. The van der Waals surface area contributed by atoms with Crippen molar-refractivity contribution in [3.05, 3.63) is 29.3 Å². The molecule has 0 aromatic heterocycles. The average Bonchev–Trinajstić information content (AvgIpc) is 2.97. The first kappa shape index (κ1) is 11.1. The third-order valence-electron chi connectivity index (χ3n) is 4.17. The van der Waals surface area contributed by atoms with Crippen LogP contribution < -0.4 is 10.5 Å². The van der Waals surface area contributed by atoms with Gasteiger partial charge < -0.3 is 10.5 Å². The van der Waals surface area contributed by atoms with Gasteiger partial charge in [0, 0.05) is 12.1 Å². The van der Waals surface area contributed by atoms with Crippen LogP contribution in [0.1, 0.15) is 30.0 Å². The summed E-state index contributed by atoms with van der Waals surface area (Å²) >= 11 is 0. The van der Waals surface area contributed by atoms with Gasteiger partial charge in [0.15, 0.2) is 0 Å². The molecule has 1 fully saturated rings. The maximum absolute atomic E-state index is 6.40. The molecule has 0 saturated carbocycles. The Hall–Kier alpha value is -1.06. The lowest BCUT2D eigenvalue weighted by molar-refractivity contribution is 0.222. The van der Waals surface area contributed by atoms with Crippen molar-refractivity contribution in [2.24, 2.45) is 5.73 Å². The molecular formula is C14H20N2O. The fourth-order valence-electron chi connectivity index (χ4n) is 3.19. The Bertz CT molecular complexity index is 413. The lowest BCUT2D eigenvalue weighted by atomic mass is 10.1. The third-order valence-corrected chi connectivity index (χ3v) is 4.17. The van der Waals surface area contributed by atoms with Crippen LogP contribution in [0.4, 0.5) is 0 Å². The molecule has 1 aliphatic carbocycles. The summed E-state index contributed by atoms with van der Waals surface area (Å²) < 4.78 is 5.28. The van der Waals surface area contributed by atoms with Crippen LogP contribution in [0.5, 0.6) is 5.75 Å². The molecule has 3 rings (SSSR count). The van der Waals surface area contributed by atoms with E-state index in [0.717, 1.165) is 12.2 Å². The topological polar surface area (TPSA) is 38.5 Å². The summed E-state index contributed by atoms with van der Waals surface area (Å²) in [5.74, 6) is 0.918. The molecule has 1 aromatic rings. The van der Waals surface area contributed by atoms with Crippen molar-refractivity contribution in [2.45, 2.75) is 31.3 Å². The van der Waals surface area contributed by atoms with Crippen molar-refractivity contribution < 1.29 is 4.74 Å². The van der Waals surface area contributed by atoms with Gasteiger partial charge in [0.25, 0.3) is 0 Å². The number of likely N-dealkylation sites (tertiary alicyclic amines) is 1. The van der Waals surface area contributed by atoms with Gasteiger partial charge in [-0.2, -0.15) is 0 Å². The molecule has 17 heavy (non-hydrogen) atoms. The summed E-state index contributed by atoms with van der Waals surface area (Å²) in [7, 11) is 1.71. The molecule has 2 N–H and O–H groups in total. The van der Waals surface area contributed by atoms with Crippen molar-refractivity contribution in [3.8, 4) is 5.75 Å². The minimum atomic E-state index is 0.151. The fourth-order valence-corrected chi connectivity index (χ4v) is 3.19. The minimum Gasteiger partial charge on any atom is -0.497 e. The number of methoxy groups -OCH3 is 1. The number of hydrogen-bond acceptors (Lipinski definition) is 3. The highest BCUT2D eigenvalue weighted by Crippen LogP contribution is 2.36. The van der Waals surface area contributed by atoms with E-state index in [1.54, 1.807) is 7.11 Å². The van der Waals surface area contributed by atoms with Crippen molar-refractivity contribution in [1.29, 1.82) is 0 Å². The minimum absolute atomic E-state index is 0.151. The number of rotatable bonds is 2. The van der Waals surface area contributed by atoms with Gasteiger partial charge >= 0.3 is 0 Å². The summed E-state index contributed by atoms with van der Waals surface area (Å²) in [4.78, 5) is 2.55. The Balaban J connectivity index is 1.86. The number of benzene rings is 1. The summed E-state index contributed by atoms with van der Waals surface area (Å²) in [6.45, 7) is 2.42. The second kappa shape index (κ2) is 4.31. The van der Waals surface area contributed by atoms with Crippen LogP contribution in [0.25, 0.3) is 0 Å². The maximum atomic E-state index is 6.40. The molecular weight excluding hydrogens is 212 g/mol. The van der Waals surface area contributed by atoms with Gasteiger partial charge in [0.05, 0.1) is 7.11 Å². The highest BCUT2D eigenvalue weighted by Gasteiger charge is 2.35. The molecule has 3 heteroatoms. The van der Waals surface area contributed by atoms with Gasteiger partial charge in [-0.1, -0.05) is 6.07 Å². The van der Waals surface area contributed by atoms with Gasteiger partial charge in [-0.3, -0.25) is 4.90 Å². The van der Waals surface area contributed by atoms with Crippen LogP contribution >= 0.6 is 0 Å². The fraction of sp³-hybridized carbons (Fsp3) is 0.571. The maximum Gasteiger partial charge on any atom is 0.119 e. The first-order valence-electron chi connectivity index (χ1n) is 6.46. The first-order valence-corrected chi connectivity index (χ1v) is 6.46. The number of hydrogen-bond donors (Lipinski definition) is 1. The molecule has 2 aliphatic rings. The van der Waals surface area contributed by atoms with E-state index in [-0.39, 0.29) is 6.04 Å². The molecule has 0 spiro atoms. The number of ether oxygens (including phenoxy) is 1. The van der Waals surface area contributed by atoms with Crippen molar-refractivity contribution >= 4 is 0 Å². The standard InChI is InChI=1S/C14H20N2O/c1-17-11-5-4-10-8-13(14(15)12(10)9-11)16-6-2-3-7-16/h4-5,9,13-14H,2-3,6-8,15H2,1H3. The molecule has 1 heterocycles. The Morgan fingerprint density at radius 1 is 1.29 bits per heavy atom. The lowest BCUT2D eigenvalue weighted by Crippen LogP contribution is -2.39. The second-order valence-electron chi connectivity index (χ2n) is 5.11. The first-order chi connectivity index (χ1) is 8.29. The zero-order valence-corrected chi connectivity index (χ0v) is 10.4. The van der Waals surface area contributed by atoms with Crippen LogP contribution in [-0.2, 0) is 6.42 Å². The van der Waals surface area contributed by atoms with Crippen molar-refractivity contribution in [2.75, 3.05) is 20.2 Å². The molecule has 92 valence electrons. The van der Waals surface area contributed by atoms with E-state index in [9.17, 15) is 0 Å². The van der Waals surface area contributed by atoms with E-state index in [1.807, 2.05) is 6.07 Å². The molecule has 2 atom stereocenters. The SMILES string of the molecule is COc1ccc2c(c1)C(N)C(N1CCCC1)C2. The predicted octanol–water partition coefficient (Wildman–Crippen LogP) is 1.72. The molecule has 1 saturated heterocycles. The zero-order chi connectivity index (χ0) is 11.8. The van der Waals surface area contributed by atoms with E-state index in [4.69, 9.17) is 10.5 Å². The molecule has 0 amide bonds. The van der Waals surface area contributed by atoms with Crippen LogP contribution in [0.2, 0.25) is 0 Å². The number of nitrogens with two attached hydrogens (primary N) is 1. The van der Waals surface area contributed by atoms with E-state index >= 15 is 0 Å². The van der Waals surface area contributed by atoms with Gasteiger partial charge in [-0.05, 0) is 55.6 Å². The Kier molecular flexibility index (Phi) is 2.81. The quantitative estimate of drug-likeness (QED) is 0.843. The molecule has 1 aromatic carbocycles. The predicted molar refractivity (Wildman–Crippen MR) is 68.2 cm³/mol. The average molecular weight is 232 g/mol. The molecule has 1 aliphatic heterocycles. The molecule has 2 unspecified atom stereocenters. The highest BCUT2D eigenvalue weighted by molar-refractivity contribution is 5.42. The smallest absolute Gasteiger partial charge is 0.119 e. The van der Waals surface area contributed by atoms with Crippen molar-refractivity contribution in [1.82, 2.24) is 4.90 Å². The molecule has 0 bridgehead atoms. The van der Waals surface area contributed by atoms with E-state index in [2.05, 4.69) is 17.0 Å². The van der Waals surface area contributed by atoms with Crippen LogP contribution in [-0.4, -0.2) is 31.1 Å². The summed E-state index contributed by atoms with van der Waals surface area (Å²) in [5.41, 5.74) is 9.07. The van der Waals surface area contributed by atoms with E-state index in [0.29, 0.717) is 6.04 Å². The van der Waals surface area contributed by atoms with E-state index in [1.165, 1.54) is 37.1 Å². The highest BCUT2D eigenvalue weighted by atomic mass is 16.5. The molecule has 3 nitrogen and oxygen atoms in total. The van der Waals surface area contributed by atoms with E-state index < -0.39 is 0 Å². The second-order valence-corrected chi connectivity index (χ2v) is 5.11. The van der Waals surface area contributed by atoms with Crippen LogP contribution in [0, 0.1) is 0 Å². The summed E-state index contributed by atoms with van der Waals surface area (Å²) in [6.07, 6.45) is 3.74. The van der Waals surface area contributed by atoms with Gasteiger partial charge in [-0.25, -0.2) is 0 Å². The number of fused-ring (bicyclic) bond motifs is 1. The lowest BCUT2D eigenvalue weighted by Gasteiger charge is -2.27. The zero-order valence-electron chi connectivity index (χ0n) is 10.4. The molecule has 0 radical (unpaired) electrons. The van der Waals surface area contributed by atoms with Crippen LogP contribution in [0.3, 0.4) is 0 Å². The summed E-state index contributed by atoms with van der Waals surface area (Å²) in [6, 6.07) is 6.97.